The highest BCUT2D eigenvalue weighted by Gasteiger charge is 2.07. The lowest BCUT2D eigenvalue weighted by atomic mass is 10.1. The molecule has 0 unspecified atom stereocenters. The largest absolute Gasteiger partial charge is 0.358 e. The van der Waals surface area contributed by atoms with Crippen LogP contribution in [0, 0.1) is 6.92 Å². The third-order valence-corrected chi connectivity index (χ3v) is 3.48. The van der Waals surface area contributed by atoms with Crippen LogP contribution in [-0.2, 0) is 6.42 Å². The lowest BCUT2D eigenvalue weighted by Crippen LogP contribution is -2.21. The molecule has 2 rings (SSSR count). The fourth-order valence-corrected chi connectivity index (χ4v) is 2.62. The van der Waals surface area contributed by atoms with Crippen LogP contribution in [0.3, 0.4) is 0 Å². The highest BCUT2D eigenvalue weighted by atomic mass is 79.9. The van der Waals surface area contributed by atoms with Gasteiger partial charge >= 0.3 is 0 Å². The van der Waals surface area contributed by atoms with Crippen LogP contribution in [0.4, 0.5) is 5.82 Å². The third kappa shape index (κ3) is 3.33. The van der Waals surface area contributed by atoms with Crippen molar-refractivity contribution < 1.29 is 0 Å². The van der Waals surface area contributed by atoms with E-state index in [9.17, 15) is 0 Å². The van der Waals surface area contributed by atoms with Crippen LogP contribution in [0.25, 0.3) is 0 Å². The summed E-state index contributed by atoms with van der Waals surface area (Å²) >= 11 is 3.57. The average Bonchev–Trinajstić information content (AvgIpc) is 2.37. The highest BCUT2D eigenvalue weighted by molar-refractivity contribution is 9.10. The molecule has 0 saturated carbocycles. The van der Waals surface area contributed by atoms with Crippen molar-refractivity contribution >= 4 is 21.7 Å². The second kappa shape index (κ2) is 6.01. The molecular weight excluding hydrogens is 288 g/mol. The Labute approximate surface area is 117 Å². The van der Waals surface area contributed by atoms with Gasteiger partial charge in [-0.25, -0.2) is 4.98 Å². The van der Waals surface area contributed by atoms with Gasteiger partial charge in [0.05, 0.1) is 4.47 Å². The number of aromatic nitrogens is 1. The van der Waals surface area contributed by atoms with E-state index < -0.39 is 0 Å². The second-order valence-corrected chi connectivity index (χ2v) is 5.33. The Kier molecular flexibility index (Phi) is 4.37. The quantitative estimate of drug-likeness (QED) is 0.853. The van der Waals surface area contributed by atoms with Gasteiger partial charge in [0.2, 0.25) is 0 Å². The molecule has 0 aliphatic rings. The van der Waals surface area contributed by atoms with Crippen LogP contribution in [0.15, 0.2) is 47.1 Å². The summed E-state index contributed by atoms with van der Waals surface area (Å²) < 4.78 is 1.05. The molecule has 1 aromatic carbocycles. The normalized spacial score (nSPS) is 10.4. The number of anilines is 1. The Morgan fingerprint density at radius 3 is 2.61 bits per heavy atom. The Morgan fingerprint density at radius 1 is 1.22 bits per heavy atom. The summed E-state index contributed by atoms with van der Waals surface area (Å²) in [6, 6.07) is 12.6. The number of hydrogen-bond acceptors (Lipinski definition) is 2. The molecule has 0 spiro atoms. The van der Waals surface area contributed by atoms with Crippen molar-refractivity contribution in [2.24, 2.45) is 0 Å². The van der Waals surface area contributed by atoms with Crippen LogP contribution in [0.5, 0.6) is 0 Å². The number of nitrogens with zero attached hydrogens (tertiary/aromatic N) is 2. The molecule has 1 aromatic heterocycles. The average molecular weight is 305 g/mol. The third-order valence-electron chi connectivity index (χ3n) is 2.90. The summed E-state index contributed by atoms with van der Waals surface area (Å²) in [7, 11) is 2.07. The van der Waals surface area contributed by atoms with Crippen molar-refractivity contribution in [3.05, 3.63) is 58.2 Å². The van der Waals surface area contributed by atoms with E-state index in [4.69, 9.17) is 0 Å². The number of likely N-dealkylation sites (N-methyl/N-ethyl adjacent to an activating group) is 1. The summed E-state index contributed by atoms with van der Waals surface area (Å²) in [6.07, 6.45) is 2.93. The fraction of sp³-hybridized carbons (Fsp3) is 0.267. The van der Waals surface area contributed by atoms with E-state index in [1.165, 1.54) is 11.1 Å². The molecule has 2 nitrogen and oxygen atoms in total. The van der Waals surface area contributed by atoms with E-state index >= 15 is 0 Å². The van der Waals surface area contributed by atoms with Gasteiger partial charge in [0.1, 0.15) is 5.82 Å². The molecule has 0 saturated heterocycles. The molecule has 1 heterocycles. The van der Waals surface area contributed by atoms with Crippen LogP contribution in [0.2, 0.25) is 0 Å². The van der Waals surface area contributed by atoms with Gasteiger partial charge < -0.3 is 4.90 Å². The smallest absolute Gasteiger partial charge is 0.142 e. The van der Waals surface area contributed by atoms with Crippen molar-refractivity contribution in [2.45, 2.75) is 13.3 Å². The molecule has 0 aliphatic carbocycles. The number of pyridine rings is 1. The minimum atomic E-state index is 0.957. The zero-order valence-electron chi connectivity index (χ0n) is 10.7. The number of halogens is 1. The minimum absolute atomic E-state index is 0.957. The maximum absolute atomic E-state index is 4.47. The number of hydrogen-bond donors (Lipinski definition) is 0. The molecule has 0 atom stereocenters. The van der Waals surface area contributed by atoms with Crippen molar-refractivity contribution in [3.63, 3.8) is 0 Å². The first kappa shape index (κ1) is 13.1. The van der Waals surface area contributed by atoms with E-state index in [-0.39, 0.29) is 0 Å². The van der Waals surface area contributed by atoms with Crippen LogP contribution < -0.4 is 4.90 Å². The molecule has 0 aliphatic heterocycles. The maximum atomic E-state index is 4.47. The fourth-order valence-electron chi connectivity index (χ4n) is 1.85. The molecule has 0 radical (unpaired) electrons. The van der Waals surface area contributed by atoms with Crippen molar-refractivity contribution in [1.29, 1.82) is 0 Å². The molecular formula is C15H17BrN2. The Morgan fingerprint density at radius 2 is 1.94 bits per heavy atom. The molecule has 94 valence electrons. The van der Waals surface area contributed by atoms with E-state index in [1.54, 1.807) is 0 Å². The van der Waals surface area contributed by atoms with Crippen LogP contribution in [0.1, 0.15) is 11.1 Å². The van der Waals surface area contributed by atoms with Gasteiger partial charge in [0.25, 0.3) is 0 Å². The number of rotatable bonds is 4. The monoisotopic (exact) mass is 304 g/mol. The van der Waals surface area contributed by atoms with Gasteiger partial charge in [0, 0.05) is 19.8 Å². The first-order valence-electron chi connectivity index (χ1n) is 6.04. The molecule has 18 heavy (non-hydrogen) atoms. The molecule has 0 N–H and O–H groups in total. The molecule has 2 aromatic rings. The maximum Gasteiger partial charge on any atom is 0.142 e. The number of benzene rings is 1. The van der Waals surface area contributed by atoms with E-state index in [1.807, 2.05) is 19.2 Å². The van der Waals surface area contributed by atoms with Crippen molar-refractivity contribution in [1.82, 2.24) is 4.98 Å². The zero-order chi connectivity index (χ0) is 13.0. The van der Waals surface area contributed by atoms with E-state index in [0.29, 0.717) is 0 Å². The first-order valence-corrected chi connectivity index (χ1v) is 6.83. The van der Waals surface area contributed by atoms with Crippen LogP contribution >= 0.6 is 15.9 Å². The number of aryl methyl sites for hydroxylation is 1. The zero-order valence-corrected chi connectivity index (χ0v) is 12.3. The van der Waals surface area contributed by atoms with Gasteiger partial charge in [-0.1, -0.05) is 30.3 Å². The van der Waals surface area contributed by atoms with E-state index in [2.05, 4.69) is 63.2 Å². The summed E-state index contributed by atoms with van der Waals surface area (Å²) in [5.74, 6) is 0.997. The topological polar surface area (TPSA) is 16.1 Å². The van der Waals surface area contributed by atoms with Crippen molar-refractivity contribution in [2.75, 3.05) is 18.5 Å². The van der Waals surface area contributed by atoms with Gasteiger partial charge in [0.15, 0.2) is 0 Å². The van der Waals surface area contributed by atoms with Crippen LogP contribution in [-0.4, -0.2) is 18.6 Å². The standard InChI is InChI=1S/C15H17BrN2/c1-12-10-14(16)15(17-11-12)18(2)9-8-13-6-4-3-5-7-13/h3-7,10-11H,8-9H2,1-2H3. The SMILES string of the molecule is Cc1cnc(N(C)CCc2ccccc2)c(Br)c1. The Bertz CT molecular complexity index is 511. The van der Waals surface area contributed by atoms with Gasteiger partial charge in [-0.3, -0.25) is 0 Å². The second-order valence-electron chi connectivity index (χ2n) is 4.48. The minimum Gasteiger partial charge on any atom is -0.358 e. The summed E-state index contributed by atoms with van der Waals surface area (Å²) in [5, 5.41) is 0. The predicted octanol–water partition coefficient (Wildman–Crippen LogP) is 3.83. The molecule has 3 heteroatoms. The molecule has 0 amide bonds. The lowest BCUT2D eigenvalue weighted by molar-refractivity contribution is 0.856. The predicted molar refractivity (Wildman–Crippen MR) is 80.1 cm³/mol. The highest BCUT2D eigenvalue weighted by Crippen LogP contribution is 2.23. The van der Waals surface area contributed by atoms with Gasteiger partial charge in [-0.05, 0) is 46.5 Å². The van der Waals surface area contributed by atoms with E-state index in [0.717, 1.165) is 23.3 Å². The lowest BCUT2D eigenvalue weighted by Gasteiger charge is -2.19. The molecule has 0 fully saturated rings. The van der Waals surface area contributed by atoms with Gasteiger partial charge in [-0.2, -0.15) is 0 Å². The van der Waals surface area contributed by atoms with Gasteiger partial charge in [-0.15, -0.1) is 0 Å². The van der Waals surface area contributed by atoms with Crippen molar-refractivity contribution in [3.8, 4) is 0 Å². The summed E-state index contributed by atoms with van der Waals surface area (Å²) in [6.45, 7) is 3.00. The summed E-state index contributed by atoms with van der Waals surface area (Å²) in [4.78, 5) is 6.65. The molecule has 0 bridgehead atoms. The first-order chi connectivity index (χ1) is 8.66. The Hall–Kier alpha value is -1.35. The summed E-state index contributed by atoms with van der Waals surface area (Å²) in [5.41, 5.74) is 2.52. The Balaban J connectivity index is 2.01.